The SMILES string of the molecule is CNC(=O)c1cccnc1NCCC(C)(O)c1ccccc1. The van der Waals surface area contributed by atoms with Crippen molar-refractivity contribution in [2.75, 3.05) is 18.9 Å². The molecule has 0 saturated heterocycles. The first-order chi connectivity index (χ1) is 10.5. The summed E-state index contributed by atoms with van der Waals surface area (Å²) in [4.78, 5) is 16.0. The van der Waals surface area contributed by atoms with Crippen molar-refractivity contribution < 1.29 is 9.90 Å². The number of anilines is 1. The molecule has 0 fully saturated rings. The molecule has 1 heterocycles. The summed E-state index contributed by atoms with van der Waals surface area (Å²) < 4.78 is 0. The molecule has 0 aliphatic carbocycles. The lowest BCUT2D eigenvalue weighted by Crippen LogP contribution is -2.26. The first kappa shape index (κ1) is 16.0. The number of nitrogens with one attached hydrogen (secondary N) is 2. The van der Waals surface area contributed by atoms with Gasteiger partial charge in [-0.25, -0.2) is 4.98 Å². The van der Waals surface area contributed by atoms with Crippen molar-refractivity contribution in [3.05, 3.63) is 59.8 Å². The van der Waals surface area contributed by atoms with Crippen molar-refractivity contribution in [3.8, 4) is 0 Å². The summed E-state index contributed by atoms with van der Waals surface area (Å²) >= 11 is 0. The minimum atomic E-state index is -0.934. The van der Waals surface area contributed by atoms with E-state index < -0.39 is 5.60 Å². The molecule has 3 N–H and O–H groups in total. The highest BCUT2D eigenvalue weighted by atomic mass is 16.3. The van der Waals surface area contributed by atoms with E-state index in [0.717, 1.165) is 5.56 Å². The van der Waals surface area contributed by atoms with E-state index in [1.807, 2.05) is 30.3 Å². The Morgan fingerprint density at radius 1 is 1.23 bits per heavy atom. The zero-order valence-electron chi connectivity index (χ0n) is 12.8. The van der Waals surface area contributed by atoms with Crippen LogP contribution in [0.1, 0.15) is 29.3 Å². The second-order valence-corrected chi connectivity index (χ2v) is 5.30. The highest BCUT2D eigenvalue weighted by Crippen LogP contribution is 2.24. The van der Waals surface area contributed by atoms with Gasteiger partial charge in [0.2, 0.25) is 0 Å². The largest absolute Gasteiger partial charge is 0.385 e. The fourth-order valence-corrected chi connectivity index (χ4v) is 2.23. The van der Waals surface area contributed by atoms with Crippen molar-refractivity contribution in [1.29, 1.82) is 0 Å². The van der Waals surface area contributed by atoms with Gasteiger partial charge in [-0.15, -0.1) is 0 Å². The number of nitrogens with zero attached hydrogens (tertiary/aromatic N) is 1. The second kappa shape index (κ2) is 7.04. The number of carbonyl (C=O) groups is 1. The molecule has 0 aliphatic heterocycles. The van der Waals surface area contributed by atoms with Crippen molar-refractivity contribution in [2.45, 2.75) is 18.9 Å². The number of amides is 1. The molecule has 0 bridgehead atoms. The molecular formula is C17H21N3O2. The van der Waals surface area contributed by atoms with Crippen molar-refractivity contribution in [1.82, 2.24) is 10.3 Å². The van der Waals surface area contributed by atoms with Gasteiger partial charge >= 0.3 is 0 Å². The molecule has 5 heteroatoms. The van der Waals surface area contributed by atoms with Crippen LogP contribution >= 0.6 is 0 Å². The van der Waals surface area contributed by atoms with E-state index in [2.05, 4.69) is 15.6 Å². The van der Waals surface area contributed by atoms with E-state index in [-0.39, 0.29) is 5.91 Å². The van der Waals surface area contributed by atoms with Gasteiger partial charge in [0, 0.05) is 19.8 Å². The van der Waals surface area contributed by atoms with Gasteiger partial charge in [0.15, 0.2) is 0 Å². The fraction of sp³-hybridized carbons (Fsp3) is 0.294. The monoisotopic (exact) mass is 299 g/mol. The third-order valence-electron chi connectivity index (χ3n) is 3.58. The first-order valence-electron chi connectivity index (χ1n) is 7.23. The van der Waals surface area contributed by atoms with Gasteiger partial charge in [-0.3, -0.25) is 4.79 Å². The Morgan fingerprint density at radius 2 is 1.95 bits per heavy atom. The lowest BCUT2D eigenvalue weighted by atomic mass is 9.92. The third kappa shape index (κ3) is 3.83. The Kier molecular flexibility index (Phi) is 5.12. The Bertz CT molecular complexity index is 627. The highest BCUT2D eigenvalue weighted by molar-refractivity contribution is 5.98. The van der Waals surface area contributed by atoms with E-state index in [1.54, 1.807) is 32.3 Å². The lowest BCUT2D eigenvalue weighted by molar-refractivity contribution is 0.0515. The molecule has 1 atom stereocenters. The van der Waals surface area contributed by atoms with Gasteiger partial charge < -0.3 is 15.7 Å². The maximum Gasteiger partial charge on any atom is 0.254 e. The average Bonchev–Trinajstić information content (AvgIpc) is 2.55. The van der Waals surface area contributed by atoms with Crippen LogP contribution in [-0.4, -0.2) is 29.6 Å². The van der Waals surface area contributed by atoms with Gasteiger partial charge in [0.1, 0.15) is 5.82 Å². The van der Waals surface area contributed by atoms with E-state index in [1.165, 1.54) is 0 Å². The van der Waals surface area contributed by atoms with Crippen LogP contribution in [0.2, 0.25) is 0 Å². The Balaban J connectivity index is 2.01. The number of hydrogen-bond acceptors (Lipinski definition) is 4. The quantitative estimate of drug-likeness (QED) is 0.764. The zero-order valence-corrected chi connectivity index (χ0v) is 12.8. The molecule has 5 nitrogen and oxygen atoms in total. The van der Waals surface area contributed by atoms with Crippen LogP contribution in [0.15, 0.2) is 48.7 Å². The van der Waals surface area contributed by atoms with Crippen LogP contribution in [0.25, 0.3) is 0 Å². The van der Waals surface area contributed by atoms with Gasteiger partial charge in [0.25, 0.3) is 5.91 Å². The molecule has 22 heavy (non-hydrogen) atoms. The summed E-state index contributed by atoms with van der Waals surface area (Å²) in [6.07, 6.45) is 2.13. The minimum absolute atomic E-state index is 0.189. The lowest BCUT2D eigenvalue weighted by Gasteiger charge is -2.24. The number of hydrogen-bond donors (Lipinski definition) is 3. The normalized spacial score (nSPS) is 13.2. The van der Waals surface area contributed by atoms with E-state index >= 15 is 0 Å². The summed E-state index contributed by atoms with van der Waals surface area (Å²) in [6.45, 7) is 2.28. The smallest absolute Gasteiger partial charge is 0.254 e. The van der Waals surface area contributed by atoms with Crippen molar-refractivity contribution in [2.24, 2.45) is 0 Å². The molecular weight excluding hydrogens is 278 g/mol. The van der Waals surface area contributed by atoms with E-state index in [9.17, 15) is 9.90 Å². The van der Waals surface area contributed by atoms with Gasteiger partial charge in [-0.05, 0) is 31.0 Å². The summed E-state index contributed by atoms with van der Waals surface area (Å²) in [7, 11) is 1.58. The maximum absolute atomic E-state index is 11.8. The summed E-state index contributed by atoms with van der Waals surface area (Å²) in [5.41, 5.74) is 0.421. The standard InChI is InChI=1S/C17H21N3O2/c1-17(22,13-7-4-3-5-8-13)10-12-20-15-14(16(21)18-2)9-6-11-19-15/h3-9,11,22H,10,12H2,1-2H3,(H,18,21)(H,19,20). The molecule has 0 radical (unpaired) electrons. The van der Waals surface area contributed by atoms with Crippen LogP contribution in [0.5, 0.6) is 0 Å². The van der Waals surface area contributed by atoms with Crippen molar-refractivity contribution in [3.63, 3.8) is 0 Å². The highest BCUT2D eigenvalue weighted by Gasteiger charge is 2.22. The molecule has 1 amide bonds. The fourth-order valence-electron chi connectivity index (χ4n) is 2.23. The predicted octanol–water partition coefficient (Wildman–Crippen LogP) is 2.15. The summed E-state index contributed by atoms with van der Waals surface area (Å²) in [6, 6.07) is 13.0. The molecule has 0 saturated carbocycles. The molecule has 1 unspecified atom stereocenters. The van der Waals surface area contributed by atoms with Crippen LogP contribution in [0, 0.1) is 0 Å². The van der Waals surface area contributed by atoms with E-state index in [0.29, 0.717) is 24.3 Å². The molecule has 1 aromatic heterocycles. The Labute approximate surface area is 130 Å². The molecule has 2 rings (SSSR count). The number of benzene rings is 1. The maximum atomic E-state index is 11.8. The minimum Gasteiger partial charge on any atom is -0.385 e. The van der Waals surface area contributed by atoms with Crippen LogP contribution in [0.4, 0.5) is 5.82 Å². The number of rotatable bonds is 6. The molecule has 116 valence electrons. The average molecular weight is 299 g/mol. The van der Waals surface area contributed by atoms with Crippen LogP contribution < -0.4 is 10.6 Å². The predicted molar refractivity (Wildman–Crippen MR) is 86.7 cm³/mol. The van der Waals surface area contributed by atoms with Crippen LogP contribution in [0.3, 0.4) is 0 Å². The number of carbonyl (C=O) groups excluding carboxylic acids is 1. The van der Waals surface area contributed by atoms with Gasteiger partial charge in [-0.1, -0.05) is 30.3 Å². The van der Waals surface area contributed by atoms with Gasteiger partial charge in [0.05, 0.1) is 11.2 Å². The number of pyridine rings is 1. The summed E-state index contributed by atoms with van der Waals surface area (Å²) in [5.74, 6) is 0.330. The van der Waals surface area contributed by atoms with E-state index in [4.69, 9.17) is 0 Å². The number of aromatic nitrogens is 1. The molecule has 0 aliphatic rings. The Morgan fingerprint density at radius 3 is 2.64 bits per heavy atom. The first-order valence-corrected chi connectivity index (χ1v) is 7.23. The van der Waals surface area contributed by atoms with Crippen molar-refractivity contribution >= 4 is 11.7 Å². The molecule has 1 aromatic carbocycles. The van der Waals surface area contributed by atoms with Gasteiger partial charge in [-0.2, -0.15) is 0 Å². The number of aliphatic hydroxyl groups is 1. The topological polar surface area (TPSA) is 74.2 Å². The zero-order chi connectivity index (χ0) is 16.0. The second-order valence-electron chi connectivity index (χ2n) is 5.30. The Hall–Kier alpha value is -2.40. The third-order valence-corrected chi connectivity index (χ3v) is 3.58. The summed E-state index contributed by atoms with van der Waals surface area (Å²) in [5, 5.41) is 16.3. The molecule has 0 spiro atoms. The van der Waals surface area contributed by atoms with Crippen LogP contribution in [-0.2, 0) is 5.60 Å². The molecule has 2 aromatic rings.